The lowest BCUT2D eigenvalue weighted by Gasteiger charge is -2.04. The number of carboxylic acids is 1. The van der Waals surface area contributed by atoms with Gasteiger partial charge in [-0.05, 0) is 36.4 Å². The highest BCUT2D eigenvalue weighted by Crippen LogP contribution is 2.14. The molecule has 0 spiro atoms. The Morgan fingerprint density at radius 3 is 2.38 bits per heavy atom. The van der Waals surface area contributed by atoms with Crippen LogP contribution in [0.15, 0.2) is 60.8 Å². The highest BCUT2D eigenvalue weighted by Gasteiger charge is 2.07. The molecule has 0 unspecified atom stereocenters. The van der Waals surface area contributed by atoms with Gasteiger partial charge in [-0.15, -0.1) is 0 Å². The van der Waals surface area contributed by atoms with Crippen LogP contribution in [0.4, 0.5) is 10.1 Å². The van der Waals surface area contributed by atoms with Gasteiger partial charge in [0, 0.05) is 17.8 Å². The predicted octanol–water partition coefficient (Wildman–Crippen LogP) is 3.33. The molecule has 0 bridgehead atoms. The molecular weight excluding hydrogens is 273 g/mol. The molecule has 4 nitrogen and oxygen atoms in total. The molecule has 0 aliphatic heterocycles. The van der Waals surface area contributed by atoms with Crippen molar-refractivity contribution in [3.63, 3.8) is 0 Å². The van der Waals surface area contributed by atoms with Gasteiger partial charge in [0.2, 0.25) is 0 Å². The summed E-state index contributed by atoms with van der Waals surface area (Å²) in [5.41, 5.74) is 0.838. The second-order valence-electron chi connectivity index (χ2n) is 4.20. The van der Waals surface area contributed by atoms with Gasteiger partial charge in [-0.25, -0.2) is 9.18 Å². The maximum atomic E-state index is 12.7. The van der Waals surface area contributed by atoms with Gasteiger partial charge in [-0.3, -0.25) is 4.79 Å². The van der Waals surface area contributed by atoms with Crippen LogP contribution in [-0.2, 0) is 0 Å². The summed E-state index contributed by atoms with van der Waals surface area (Å²) in [6, 6.07) is 11.5. The lowest BCUT2D eigenvalue weighted by atomic mass is 10.1. The summed E-state index contributed by atoms with van der Waals surface area (Å²) >= 11 is 0. The monoisotopic (exact) mass is 285 g/mol. The van der Waals surface area contributed by atoms with E-state index in [1.807, 2.05) is 0 Å². The van der Waals surface area contributed by atoms with Crippen LogP contribution in [0.2, 0.25) is 0 Å². The van der Waals surface area contributed by atoms with Gasteiger partial charge in [0.25, 0.3) is 0 Å². The number of aromatic carboxylic acids is 1. The Balaban J connectivity index is 2.07. The van der Waals surface area contributed by atoms with E-state index in [1.165, 1.54) is 42.6 Å². The first kappa shape index (κ1) is 14.5. The minimum atomic E-state index is -1.06. The maximum absolute atomic E-state index is 12.7. The molecule has 0 amide bonds. The normalized spacial score (nSPS) is 10.5. The van der Waals surface area contributed by atoms with E-state index in [0.29, 0.717) is 11.3 Å². The molecule has 2 aromatic rings. The number of carbonyl (C=O) groups excluding carboxylic acids is 1. The Morgan fingerprint density at radius 1 is 1.05 bits per heavy atom. The van der Waals surface area contributed by atoms with Crippen molar-refractivity contribution in [2.75, 3.05) is 5.32 Å². The molecule has 0 aliphatic carbocycles. The Morgan fingerprint density at radius 2 is 1.71 bits per heavy atom. The summed E-state index contributed by atoms with van der Waals surface area (Å²) in [5.74, 6) is -1.78. The zero-order valence-corrected chi connectivity index (χ0v) is 10.9. The van der Waals surface area contributed by atoms with Gasteiger partial charge in [-0.1, -0.05) is 12.1 Å². The van der Waals surface area contributed by atoms with Crippen molar-refractivity contribution in [2.45, 2.75) is 0 Å². The molecule has 2 N–H and O–H groups in total. The van der Waals surface area contributed by atoms with Crippen molar-refractivity contribution in [3.05, 3.63) is 77.8 Å². The van der Waals surface area contributed by atoms with Crippen LogP contribution in [0, 0.1) is 5.82 Å². The largest absolute Gasteiger partial charge is 0.478 e. The first-order valence-corrected chi connectivity index (χ1v) is 6.13. The topological polar surface area (TPSA) is 66.4 Å². The van der Waals surface area contributed by atoms with Gasteiger partial charge in [0.05, 0.1) is 11.3 Å². The smallest absolute Gasteiger partial charge is 0.337 e. The van der Waals surface area contributed by atoms with E-state index < -0.39 is 11.8 Å². The predicted molar refractivity (Wildman–Crippen MR) is 76.9 cm³/mol. The molecule has 106 valence electrons. The minimum Gasteiger partial charge on any atom is -0.478 e. The molecule has 21 heavy (non-hydrogen) atoms. The average molecular weight is 285 g/mol. The van der Waals surface area contributed by atoms with Crippen molar-refractivity contribution in [1.29, 1.82) is 0 Å². The molecule has 5 heteroatoms. The van der Waals surface area contributed by atoms with Gasteiger partial charge in [0.1, 0.15) is 5.82 Å². The highest BCUT2D eigenvalue weighted by molar-refractivity contribution is 6.04. The first-order chi connectivity index (χ1) is 10.1. The van der Waals surface area contributed by atoms with Gasteiger partial charge < -0.3 is 10.4 Å². The van der Waals surface area contributed by atoms with Crippen LogP contribution < -0.4 is 5.32 Å². The van der Waals surface area contributed by atoms with Crippen molar-refractivity contribution >= 4 is 17.4 Å². The van der Waals surface area contributed by atoms with E-state index in [2.05, 4.69) is 5.32 Å². The maximum Gasteiger partial charge on any atom is 0.337 e. The average Bonchev–Trinajstić information content (AvgIpc) is 2.48. The molecule has 0 fully saturated rings. The van der Waals surface area contributed by atoms with Crippen molar-refractivity contribution in [3.8, 4) is 0 Å². The van der Waals surface area contributed by atoms with Crippen LogP contribution in [0.1, 0.15) is 20.7 Å². The summed E-state index contributed by atoms with van der Waals surface area (Å²) in [5, 5.41) is 11.8. The van der Waals surface area contributed by atoms with E-state index in [0.717, 1.165) is 0 Å². The van der Waals surface area contributed by atoms with E-state index in [9.17, 15) is 14.0 Å². The van der Waals surface area contributed by atoms with Gasteiger partial charge in [0.15, 0.2) is 5.78 Å². The highest BCUT2D eigenvalue weighted by atomic mass is 19.1. The number of para-hydroxylation sites is 1. The van der Waals surface area contributed by atoms with Crippen LogP contribution in [0.5, 0.6) is 0 Å². The third-order valence-corrected chi connectivity index (χ3v) is 2.76. The Bertz CT molecular complexity index is 693. The molecule has 0 saturated heterocycles. The van der Waals surface area contributed by atoms with Crippen molar-refractivity contribution in [2.24, 2.45) is 0 Å². The van der Waals surface area contributed by atoms with E-state index >= 15 is 0 Å². The Hall–Kier alpha value is -2.95. The SMILES string of the molecule is O=C(C=CNc1ccccc1C(=O)O)c1ccc(F)cc1. The van der Waals surface area contributed by atoms with Gasteiger partial charge in [-0.2, -0.15) is 0 Å². The molecule has 0 aromatic heterocycles. The van der Waals surface area contributed by atoms with Crippen molar-refractivity contribution in [1.82, 2.24) is 0 Å². The second-order valence-corrected chi connectivity index (χ2v) is 4.20. The molecule has 0 saturated carbocycles. The number of benzene rings is 2. The zero-order valence-electron chi connectivity index (χ0n) is 10.9. The summed E-state index contributed by atoms with van der Waals surface area (Å²) in [7, 11) is 0. The van der Waals surface area contributed by atoms with E-state index in [1.54, 1.807) is 18.2 Å². The second kappa shape index (κ2) is 6.47. The fourth-order valence-corrected chi connectivity index (χ4v) is 1.71. The van der Waals surface area contributed by atoms with Crippen LogP contribution >= 0.6 is 0 Å². The lowest BCUT2D eigenvalue weighted by molar-refractivity contribution is 0.0698. The number of ketones is 1. The third kappa shape index (κ3) is 3.76. The molecule has 2 aromatic carbocycles. The zero-order chi connectivity index (χ0) is 15.2. The first-order valence-electron chi connectivity index (χ1n) is 6.13. The number of carboxylic acid groups (broad SMARTS) is 1. The van der Waals surface area contributed by atoms with Gasteiger partial charge >= 0.3 is 5.97 Å². The fraction of sp³-hybridized carbons (Fsp3) is 0. The third-order valence-electron chi connectivity index (χ3n) is 2.76. The molecule has 2 rings (SSSR count). The molecule has 0 heterocycles. The summed E-state index contributed by atoms with van der Waals surface area (Å²) in [6.07, 6.45) is 2.61. The molecular formula is C16H12FNO3. The number of hydrogen-bond acceptors (Lipinski definition) is 3. The molecule has 0 radical (unpaired) electrons. The Labute approximate surface area is 120 Å². The number of hydrogen-bond donors (Lipinski definition) is 2. The number of anilines is 1. The van der Waals surface area contributed by atoms with Crippen molar-refractivity contribution < 1.29 is 19.1 Å². The fourth-order valence-electron chi connectivity index (χ4n) is 1.71. The quantitative estimate of drug-likeness (QED) is 0.653. The van der Waals surface area contributed by atoms with Crippen LogP contribution in [-0.4, -0.2) is 16.9 Å². The summed E-state index contributed by atoms with van der Waals surface area (Å²) in [6.45, 7) is 0. The number of rotatable bonds is 5. The van der Waals surface area contributed by atoms with E-state index in [4.69, 9.17) is 5.11 Å². The minimum absolute atomic E-state index is 0.108. The Kier molecular flexibility index (Phi) is 4.46. The summed E-state index contributed by atoms with van der Waals surface area (Å²) < 4.78 is 12.7. The number of halogens is 1. The number of carbonyl (C=O) groups is 2. The number of nitrogens with one attached hydrogen (secondary N) is 1. The number of allylic oxidation sites excluding steroid dienone is 1. The van der Waals surface area contributed by atoms with E-state index in [-0.39, 0.29) is 11.3 Å². The lowest BCUT2D eigenvalue weighted by Crippen LogP contribution is -2.02. The van der Waals surface area contributed by atoms with Crippen LogP contribution in [0.3, 0.4) is 0 Å². The summed E-state index contributed by atoms with van der Waals surface area (Å²) in [4.78, 5) is 22.8. The standard InChI is InChI=1S/C16H12FNO3/c17-12-7-5-11(6-8-12)15(19)9-10-18-14-4-2-1-3-13(14)16(20)21/h1-10,18H,(H,20,21). The molecule has 0 atom stereocenters. The van der Waals surface area contributed by atoms with Crippen LogP contribution in [0.25, 0.3) is 0 Å². The molecule has 0 aliphatic rings.